The van der Waals surface area contributed by atoms with Crippen molar-refractivity contribution in [1.29, 1.82) is 0 Å². The first-order valence-corrected chi connectivity index (χ1v) is 14.5. The number of aryl methyl sites for hydroxylation is 1. The fourth-order valence-electron chi connectivity index (χ4n) is 3.88. The Labute approximate surface area is 213 Å². The highest BCUT2D eigenvalue weighted by molar-refractivity contribution is 9.10. The summed E-state index contributed by atoms with van der Waals surface area (Å²) >= 11 is 3.41. The van der Waals surface area contributed by atoms with Crippen LogP contribution >= 0.6 is 15.9 Å². The number of sulfonamides is 2. The van der Waals surface area contributed by atoms with E-state index >= 15 is 0 Å². The molecule has 11 heteroatoms. The van der Waals surface area contributed by atoms with Crippen molar-refractivity contribution in [2.75, 3.05) is 25.0 Å². The summed E-state index contributed by atoms with van der Waals surface area (Å²) in [6.07, 6.45) is 0. The molecule has 1 fully saturated rings. The van der Waals surface area contributed by atoms with Crippen LogP contribution in [0.5, 0.6) is 0 Å². The third-order valence-electron chi connectivity index (χ3n) is 5.75. The van der Waals surface area contributed by atoms with E-state index in [1.165, 1.54) is 24.3 Å². The number of rotatable bonds is 6. The Hall–Kier alpha value is -2.57. The summed E-state index contributed by atoms with van der Waals surface area (Å²) < 4.78 is 56.5. The Balaban J connectivity index is 1.69. The minimum absolute atomic E-state index is 0.0386. The average Bonchev–Trinajstić information content (AvgIpc) is 2.87. The summed E-state index contributed by atoms with van der Waals surface area (Å²) in [5, 5.41) is 2.76. The maximum atomic E-state index is 13.5. The van der Waals surface area contributed by atoms with Crippen molar-refractivity contribution in [2.24, 2.45) is 0 Å². The standard InChI is InChI=1S/C24H24BrN3O5S2/c1-18-16-19(12-13-22(18)25)26-24(29)23-17-27(34(30,31)20-8-4-2-5-9-20)14-15-28(23)35(32,33)21-10-6-3-7-11-21/h2-13,16,23H,14-15,17H2,1H3,(H,26,29)/t23-/m0/s1. The van der Waals surface area contributed by atoms with Gasteiger partial charge in [0.25, 0.3) is 0 Å². The highest BCUT2D eigenvalue weighted by Crippen LogP contribution is 2.27. The predicted molar refractivity (Wildman–Crippen MR) is 137 cm³/mol. The molecule has 0 saturated carbocycles. The van der Waals surface area contributed by atoms with E-state index in [9.17, 15) is 21.6 Å². The van der Waals surface area contributed by atoms with Gasteiger partial charge in [-0.15, -0.1) is 0 Å². The summed E-state index contributed by atoms with van der Waals surface area (Å²) in [5.41, 5.74) is 1.37. The van der Waals surface area contributed by atoms with E-state index in [1.54, 1.807) is 54.6 Å². The second-order valence-corrected chi connectivity index (χ2v) is 12.8. The van der Waals surface area contributed by atoms with E-state index < -0.39 is 32.0 Å². The van der Waals surface area contributed by atoms with E-state index in [-0.39, 0.29) is 29.4 Å². The van der Waals surface area contributed by atoms with E-state index in [1.807, 2.05) is 6.92 Å². The zero-order chi connectivity index (χ0) is 25.2. The molecule has 1 atom stereocenters. The van der Waals surface area contributed by atoms with E-state index in [0.29, 0.717) is 5.69 Å². The second kappa shape index (κ2) is 10.2. The van der Waals surface area contributed by atoms with Crippen molar-refractivity contribution < 1.29 is 21.6 Å². The normalized spacial score (nSPS) is 17.7. The lowest BCUT2D eigenvalue weighted by atomic mass is 10.2. The van der Waals surface area contributed by atoms with Gasteiger partial charge < -0.3 is 5.32 Å². The smallest absolute Gasteiger partial charge is 0.244 e. The molecule has 1 heterocycles. The molecule has 3 aromatic carbocycles. The van der Waals surface area contributed by atoms with Gasteiger partial charge in [-0.3, -0.25) is 4.79 Å². The molecule has 0 spiro atoms. The number of benzene rings is 3. The van der Waals surface area contributed by atoms with Crippen molar-refractivity contribution >= 4 is 47.6 Å². The fraction of sp³-hybridized carbons (Fsp3) is 0.208. The number of nitrogens with one attached hydrogen (secondary N) is 1. The van der Waals surface area contributed by atoms with Crippen LogP contribution in [-0.4, -0.2) is 57.0 Å². The SMILES string of the molecule is Cc1cc(NC(=O)[C@@H]2CN(S(=O)(=O)c3ccccc3)CCN2S(=O)(=O)c2ccccc2)ccc1Br. The van der Waals surface area contributed by atoms with Gasteiger partial charge in [-0.05, 0) is 55.0 Å². The van der Waals surface area contributed by atoms with Crippen molar-refractivity contribution in [3.8, 4) is 0 Å². The summed E-state index contributed by atoms with van der Waals surface area (Å²) in [5.74, 6) is -0.612. The molecule has 8 nitrogen and oxygen atoms in total. The number of carbonyl (C=O) groups is 1. The van der Waals surface area contributed by atoms with Crippen LogP contribution in [0.3, 0.4) is 0 Å². The van der Waals surface area contributed by atoms with Gasteiger partial charge in [-0.25, -0.2) is 16.8 Å². The van der Waals surface area contributed by atoms with Gasteiger partial charge in [0.2, 0.25) is 26.0 Å². The van der Waals surface area contributed by atoms with E-state index in [4.69, 9.17) is 0 Å². The Kier molecular flexibility index (Phi) is 7.43. The monoisotopic (exact) mass is 577 g/mol. The Bertz CT molecular complexity index is 1430. The molecule has 0 radical (unpaired) electrons. The zero-order valence-corrected chi connectivity index (χ0v) is 22.1. The van der Waals surface area contributed by atoms with Gasteiger partial charge in [0.05, 0.1) is 9.79 Å². The number of piperazine rings is 1. The first-order valence-electron chi connectivity index (χ1n) is 10.8. The summed E-state index contributed by atoms with van der Waals surface area (Å²) in [4.78, 5) is 13.5. The topological polar surface area (TPSA) is 104 Å². The van der Waals surface area contributed by atoms with Crippen LogP contribution in [0.4, 0.5) is 5.69 Å². The Morgan fingerprint density at radius 2 is 1.43 bits per heavy atom. The molecule has 1 amide bonds. The fourth-order valence-corrected chi connectivity index (χ4v) is 7.17. The molecule has 1 N–H and O–H groups in total. The quantitative estimate of drug-likeness (QED) is 0.483. The number of carbonyl (C=O) groups excluding carboxylic acids is 1. The highest BCUT2D eigenvalue weighted by atomic mass is 79.9. The molecule has 0 bridgehead atoms. The van der Waals surface area contributed by atoms with Gasteiger partial charge in [0.1, 0.15) is 6.04 Å². The van der Waals surface area contributed by atoms with Crippen molar-refractivity contribution in [3.05, 3.63) is 88.9 Å². The molecule has 1 saturated heterocycles. The summed E-state index contributed by atoms with van der Waals surface area (Å²) in [6, 6.07) is 19.6. The predicted octanol–water partition coefficient (Wildman–Crippen LogP) is 3.46. The first kappa shape index (κ1) is 25.5. The second-order valence-electron chi connectivity index (χ2n) is 8.07. The molecular formula is C24H24BrN3O5S2. The molecule has 184 valence electrons. The van der Waals surface area contributed by atoms with Crippen molar-refractivity contribution in [2.45, 2.75) is 22.8 Å². The average molecular weight is 579 g/mol. The molecule has 3 aromatic rings. The van der Waals surface area contributed by atoms with Crippen molar-refractivity contribution in [1.82, 2.24) is 8.61 Å². The number of nitrogens with zero attached hydrogens (tertiary/aromatic N) is 2. The van der Waals surface area contributed by atoms with Crippen LogP contribution < -0.4 is 5.32 Å². The molecule has 4 rings (SSSR count). The highest BCUT2D eigenvalue weighted by Gasteiger charge is 2.43. The Morgan fingerprint density at radius 1 is 0.857 bits per heavy atom. The summed E-state index contributed by atoms with van der Waals surface area (Å²) in [6.45, 7) is 1.30. The van der Waals surface area contributed by atoms with Gasteiger partial charge in [0, 0.05) is 29.8 Å². The summed E-state index contributed by atoms with van der Waals surface area (Å²) in [7, 11) is -7.98. The first-order chi connectivity index (χ1) is 16.6. The molecular weight excluding hydrogens is 554 g/mol. The van der Waals surface area contributed by atoms with Crippen LogP contribution in [0.15, 0.2) is 93.1 Å². The lowest BCUT2D eigenvalue weighted by Crippen LogP contribution is -2.60. The minimum Gasteiger partial charge on any atom is -0.325 e. The van der Waals surface area contributed by atoms with Crippen LogP contribution in [0.25, 0.3) is 0 Å². The van der Waals surface area contributed by atoms with E-state index in [0.717, 1.165) is 18.6 Å². The lowest BCUT2D eigenvalue weighted by Gasteiger charge is -2.38. The maximum absolute atomic E-state index is 13.5. The van der Waals surface area contributed by atoms with Gasteiger partial charge >= 0.3 is 0 Å². The third-order valence-corrected chi connectivity index (χ3v) is 10.4. The van der Waals surface area contributed by atoms with Gasteiger partial charge in [0.15, 0.2) is 0 Å². The molecule has 0 unspecified atom stereocenters. The number of hydrogen-bond donors (Lipinski definition) is 1. The molecule has 35 heavy (non-hydrogen) atoms. The minimum atomic E-state index is -4.05. The number of halogens is 1. The lowest BCUT2D eigenvalue weighted by molar-refractivity contribution is -0.120. The van der Waals surface area contributed by atoms with Gasteiger partial charge in [-0.1, -0.05) is 52.3 Å². The van der Waals surface area contributed by atoms with Crippen LogP contribution in [-0.2, 0) is 24.8 Å². The molecule has 0 aliphatic carbocycles. The van der Waals surface area contributed by atoms with Crippen LogP contribution in [0.2, 0.25) is 0 Å². The number of hydrogen-bond acceptors (Lipinski definition) is 5. The molecule has 0 aromatic heterocycles. The number of anilines is 1. The Morgan fingerprint density at radius 3 is 2.00 bits per heavy atom. The van der Waals surface area contributed by atoms with Gasteiger partial charge in [-0.2, -0.15) is 8.61 Å². The van der Waals surface area contributed by atoms with E-state index in [2.05, 4.69) is 21.2 Å². The number of amides is 1. The zero-order valence-electron chi connectivity index (χ0n) is 18.8. The van der Waals surface area contributed by atoms with Crippen LogP contribution in [0.1, 0.15) is 5.56 Å². The van der Waals surface area contributed by atoms with Crippen molar-refractivity contribution in [3.63, 3.8) is 0 Å². The third kappa shape index (κ3) is 5.34. The van der Waals surface area contributed by atoms with Crippen LogP contribution in [0, 0.1) is 6.92 Å². The maximum Gasteiger partial charge on any atom is 0.244 e. The largest absolute Gasteiger partial charge is 0.325 e. The molecule has 1 aliphatic rings. The molecule has 1 aliphatic heterocycles.